The number of rotatable bonds is 4. The highest BCUT2D eigenvalue weighted by Gasteiger charge is 2.20. The van der Waals surface area contributed by atoms with Crippen molar-refractivity contribution >= 4 is 11.6 Å². The third-order valence-electron chi connectivity index (χ3n) is 3.44. The van der Waals surface area contributed by atoms with Crippen LogP contribution in [-0.4, -0.2) is 31.1 Å². The number of benzene rings is 1. The third-order valence-corrected chi connectivity index (χ3v) is 3.74. The average molecular weight is 265 g/mol. The van der Waals surface area contributed by atoms with Gasteiger partial charge in [-0.2, -0.15) is 5.26 Å². The molecule has 0 saturated carbocycles. The van der Waals surface area contributed by atoms with E-state index in [1.165, 1.54) is 19.4 Å². The summed E-state index contributed by atoms with van der Waals surface area (Å²) in [6, 6.07) is 7.81. The lowest BCUT2D eigenvalue weighted by molar-refractivity contribution is 0.233. The Kier molecular flexibility index (Phi) is 4.46. The molecule has 0 spiro atoms. The SMILES string of the molecule is CN1CCCC1CCOc1ccc(C#N)cc1Cl. The van der Waals surface area contributed by atoms with Crippen molar-refractivity contribution in [1.29, 1.82) is 5.26 Å². The number of nitriles is 1. The lowest BCUT2D eigenvalue weighted by atomic mass is 10.1. The van der Waals surface area contributed by atoms with E-state index in [-0.39, 0.29) is 0 Å². The lowest BCUT2D eigenvalue weighted by Gasteiger charge is -2.19. The fourth-order valence-corrected chi connectivity index (χ4v) is 2.57. The van der Waals surface area contributed by atoms with Crippen molar-refractivity contribution in [2.45, 2.75) is 25.3 Å². The predicted octanol–water partition coefficient (Wildman–Crippen LogP) is 3.07. The maximum absolute atomic E-state index is 8.75. The molecule has 1 atom stereocenters. The molecular weight excluding hydrogens is 248 g/mol. The predicted molar refractivity (Wildman–Crippen MR) is 71.9 cm³/mol. The molecule has 3 nitrogen and oxygen atoms in total. The van der Waals surface area contributed by atoms with Crippen molar-refractivity contribution in [3.63, 3.8) is 0 Å². The minimum atomic E-state index is 0.508. The molecule has 1 fully saturated rings. The van der Waals surface area contributed by atoms with Gasteiger partial charge in [-0.15, -0.1) is 0 Å². The van der Waals surface area contributed by atoms with Gasteiger partial charge in [-0.3, -0.25) is 0 Å². The second-order valence-electron chi connectivity index (χ2n) is 4.67. The number of likely N-dealkylation sites (tertiary alicyclic amines) is 1. The van der Waals surface area contributed by atoms with Crippen molar-refractivity contribution in [3.8, 4) is 11.8 Å². The molecule has 1 unspecified atom stereocenters. The van der Waals surface area contributed by atoms with Crippen molar-refractivity contribution in [2.75, 3.05) is 20.2 Å². The monoisotopic (exact) mass is 264 g/mol. The minimum Gasteiger partial charge on any atom is -0.492 e. The number of halogens is 1. The highest BCUT2D eigenvalue weighted by molar-refractivity contribution is 6.32. The molecule has 1 aliphatic rings. The normalized spacial score (nSPS) is 19.7. The van der Waals surface area contributed by atoms with Gasteiger partial charge in [0.1, 0.15) is 5.75 Å². The zero-order chi connectivity index (χ0) is 13.0. The van der Waals surface area contributed by atoms with E-state index in [4.69, 9.17) is 21.6 Å². The molecular formula is C14H17ClN2O. The Hall–Kier alpha value is -1.24. The molecule has 1 heterocycles. The molecule has 4 heteroatoms. The number of hydrogen-bond donors (Lipinski definition) is 0. The Labute approximate surface area is 113 Å². The van der Waals surface area contributed by atoms with Crippen LogP contribution in [0.15, 0.2) is 18.2 Å². The summed E-state index contributed by atoms with van der Waals surface area (Å²) in [5, 5.41) is 9.25. The molecule has 0 N–H and O–H groups in total. The van der Waals surface area contributed by atoms with E-state index in [0.717, 1.165) is 6.42 Å². The molecule has 1 aliphatic heterocycles. The molecule has 0 aliphatic carbocycles. The first-order valence-corrected chi connectivity index (χ1v) is 6.61. The third kappa shape index (κ3) is 3.16. The Morgan fingerprint density at radius 1 is 1.56 bits per heavy atom. The summed E-state index contributed by atoms with van der Waals surface area (Å²) in [4.78, 5) is 2.38. The molecule has 1 aromatic carbocycles. The zero-order valence-electron chi connectivity index (χ0n) is 10.5. The van der Waals surface area contributed by atoms with Gasteiger partial charge in [0, 0.05) is 6.04 Å². The van der Waals surface area contributed by atoms with Gasteiger partial charge in [0.25, 0.3) is 0 Å². The number of ether oxygens (including phenoxy) is 1. The van der Waals surface area contributed by atoms with Crippen LogP contribution in [0.1, 0.15) is 24.8 Å². The maximum atomic E-state index is 8.75. The van der Waals surface area contributed by atoms with Crippen LogP contribution in [0.2, 0.25) is 5.02 Å². The zero-order valence-corrected chi connectivity index (χ0v) is 11.3. The first-order valence-electron chi connectivity index (χ1n) is 6.23. The largest absolute Gasteiger partial charge is 0.492 e. The molecule has 0 bridgehead atoms. The van der Waals surface area contributed by atoms with Gasteiger partial charge in [-0.1, -0.05) is 11.6 Å². The van der Waals surface area contributed by atoms with E-state index in [9.17, 15) is 0 Å². The van der Waals surface area contributed by atoms with Crippen molar-refractivity contribution in [1.82, 2.24) is 4.90 Å². The van der Waals surface area contributed by atoms with Gasteiger partial charge in [-0.25, -0.2) is 0 Å². The van der Waals surface area contributed by atoms with E-state index in [1.54, 1.807) is 18.2 Å². The van der Waals surface area contributed by atoms with Crippen LogP contribution in [0, 0.1) is 11.3 Å². The Balaban J connectivity index is 1.85. The van der Waals surface area contributed by atoms with E-state index in [0.29, 0.717) is 29.0 Å². The molecule has 0 radical (unpaired) electrons. The quantitative estimate of drug-likeness (QED) is 0.839. The Bertz CT molecular complexity index is 456. The lowest BCUT2D eigenvalue weighted by Crippen LogP contribution is -2.26. The van der Waals surface area contributed by atoms with Gasteiger partial charge >= 0.3 is 0 Å². The van der Waals surface area contributed by atoms with Gasteiger partial charge in [0.2, 0.25) is 0 Å². The highest BCUT2D eigenvalue weighted by atomic mass is 35.5. The van der Waals surface area contributed by atoms with Crippen LogP contribution >= 0.6 is 11.6 Å². The topological polar surface area (TPSA) is 36.3 Å². The fourth-order valence-electron chi connectivity index (χ4n) is 2.34. The molecule has 0 aromatic heterocycles. The van der Waals surface area contributed by atoms with E-state index in [2.05, 4.69) is 18.0 Å². The number of hydrogen-bond acceptors (Lipinski definition) is 3. The smallest absolute Gasteiger partial charge is 0.137 e. The first kappa shape index (κ1) is 13.2. The summed E-state index contributed by atoms with van der Waals surface area (Å²) in [6.45, 7) is 1.85. The first-order chi connectivity index (χ1) is 8.70. The summed E-state index contributed by atoms with van der Waals surface area (Å²) >= 11 is 6.05. The summed E-state index contributed by atoms with van der Waals surface area (Å²) < 4.78 is 5.68. The Morgan fingerprint density at radius 3 is 3.00 bits per heavy atom. The fraction of sp³-hybridized carbons (Fsp3) is 0.500. The second-order valence-corrected chi connectivity index (χ2v) is 5.08. The molecule has 0 amide bonds. The van der Waals surface area contributed by atoms with Crippen molar-refractivity contribution in [3.05, 3.63) is 28.8 Å². The van der Waals surface area contributed by atoms with Crippen LogP contribution in [0.25, 0.3) is 0 Å². The molecule has 2 rings (SSSR count). The van der Waals surface area contributed by atoms with Crippen LogP contribution in [0.4, 0.5) is 0 Å². The minimum absolute atomic E-state index is 0.508. The van der Waals surface area contributed by atoms with Gasteiger partial charge in [0.15, 0.2) is 0 Å². The van der Waals surface area contributed by atoms with Crippen LogP contribution < -0.4 is 4.74 Å². The summed E-state index contributed by atoms with van der Waals surface area (Å²) in [5.41, 5.74) is 0.558. The molecule has 1 saturated heterocycles. The maximum Gasteiger partial charge on any atom is 0.137 e. The molecule has 1 aromatic rings. The van der Waals surface area contributed by atoms with E-state index < -0.39 is 0 Å². The van der Waals surface area contributed by atoms with Crippen molar-refractivity contribution < 1.29 is 4.74 Å². The number of nitrogens with zero attached hydrogens (tertiary/aromatic N) is 2. The highest BCUT2D eigenvalue weighted by Crippen LogP contribution is 2.26. The summed E-state index contributed by atoms with van der Waals surface area (Å²) in [6.07, 6.45) is 3.55. The van der Waals surface area contributed by atoms with E-state index >= 15 is 0 Å². The van der Waals surface area contributed by atoms with Crippen LogP contribution in [0.3, 0.4) is 0 Å². The van der Waals surface area contributed by atoms with E-state index in [1.807, 2.05) is 0 Å². The molecule has 18 heavy (non-hydrogen) atoms. The van der Waals surface area contributed by atoms with Gasteiger partial charge in [-0.05, 0) is 51.1 Å². The average Bonchev–Trinajstić information content (AvgIpc) is 2.77. The molecule has 96 valence electrons. The summed E-state index contributed by atoms with van der Waals surface area (Å²) in [5.74, 6) is 0.663. The Morgan fingerprint density at radius 2 is 2.39 bits per heavy atom. The summed E-state index contributed by atoms with van der Waals surface area (Å²) in [7, 11) is 2.16. The van der Waals surface area contributed by atoms with Gasteiger partial charge in [0.05, 0.1) is 23.3 Å². The van der Waals surface area contributed by atoms with Gasteiger partial charge < -0.3 is 9.64 Å². The van der Waals surface area contributed by atoms with Crippen LogP contribution in [0.5, 0.6) is 5.75 Å². The standard InChI is InChI=1S/C14H17ClN2O/c1-17-7-2-3-12(17)6-8-18-14-5-4-11(10-16)9-13(14)15/h4-5,9,12H,2-3,6-8H2,1H3. The second kappa shape index (κ2) is 6.08. The van der Waals surface area contributed by atoms with Crippen LogP contribution in [-0.2, 0) is 0 Å². The van der Waals surface area contributed by atoms with Crippen molar-refractivity contribution in [2.24, 2.45) is 0 Å².